The van der Waals surface area contributed by atoms with Crippen molar-refractivity contribution in [2.45, 2.75) is 59.8 Å². The standard InChI is InChI=1S/C20H28O3/c1-13-5-7-17(9-15(13)3)11-19(21)23-20(22)12-18-8-6-14(2)16(4)10-18/h5,7,9,14,16,18H,6,8,10-12H2,1-4H3. The van der Waals surface area contributed by atoms with Gasteiger partial charge in [-0.05, 0) is 61.1 Å². The third-order valence-electron chi connectivity index (χ3n) is 5.31. The first-order chi connectivity index (χ1) is 10.8. The first-order valence-electron chi connectivity index (χ1n) is 8.64. The highest BCUT2D eigenvalue weighted by atomic mass is 16.6. The fourth-order valence-electron chi connectivity index (χ4n) is 3.37. The predicted octanol–water partition coefficient (Wildman–Crippen LogP) is 4.38. The number of rotatable bonds is 4. The average Bonchev–Trinajstić information content (AvgIpc) is 2.46. The monoisotopic (exact) mass is 316 g/mol. The number of ether oxygens (including phenoxy) is 1. The summed E-state index contributed by atoms with van der Waals surface area (Å²) in [5, 5.41) is 0. The number of hydrogen-bond donors (Lipinski definition) is 0. The lowest BCUT2D eigenvalue weighted by molar-refractivity contribution is -0.160. The molecule has 1 aromatic rings. The Morgan fingerprint density at radius 1 is 1.04 bits per heavy atom. The summed E-state index contributed by atoms with van der Waals surface area (Å²) < 4.78 is 5.01. The van der Waals surface area contributed by atoms with Gasteiger partial charge in [-0.2, -0.15) is 0 Å². The van der Waals surface area contributed by atoms with Crippen molar-refractivity contribution in [1.29, 1.82) is 0 Å². The van der Waals surface area contributed by atoms with Gasteiger partial charge in [0, 0.05) is 6.42 Å². The van der Waals surface area contributed by atoms with E-state index in [2.05, 4.69) is 13.8 Å². The van der Waals surface area contributed by atoms with E-state index < -0.39 is 5.97 Å². The summed E-state index contributed by atoms with van der Waals surface area (Å²) in [5.74, 6) is 0.922. The Morgan fingerprint density at radius 2 is 1.78 bits per heavy atom. The van der Waals surface area contributed by atoms with E-state index in [0.717, 1.165) is 36.3 Å². The maximum Gasteiger partial charge on any atom is 0.317 e. The van der Waals surface area contributed by atoms with Gasteiger partial charge in [0.25, 0.3) is 0 Å². The van der Waals surface area contributed by atoms with Crippen LogP contribution in [0.2, 0.25) is 0 Å². The molecule has 3 atom stereocenters. The van der Waals surface area contributed by atoms with Crippen molar-refractivity contribution in [3.05, 3.63) is 34.9 Å². The lowest BCUT2D eigenvalue weighted by Crippen LogP contribution is -2.24. The number of esters is 2. The van der Waals surface area contributed by atoms with Crippen LogP contribution >= 0.6 is 0 Å². The molecule has 0 aromatic heterocycles. The van der Waals surface area contributed by atoms with E-state index in [9.17, 15) is 9.59 Å². The molecule has 0 spiro atoms. The SMILES string of the molecule is Cc1ccc(CC(=O)OC(=O)CC2CCC(C)C(C)C2)cc1C. The van der Waals surface area contributed by atoms with Crippen molar-refractivity contribution < 1.29 is 14.3 Å². The van der Waals surface area contributed by atoms with Crippen LogP contribution in [0.25, 0.3) is 0 Å². The van der Waals surface area contributed by atoms with Crippen molar-refractivity contribution in [3.8, 4) is 0 Å². The number of benzene rings is 1. The van der Waals surface area contributed by atoms with Crippen molar-refractivity contribution in [3.63, 3.8) is 0 Å². The molecule has 3 unspecified atom stereocenters. The van der Waals surface area contributed by atoms with Crippen LogP contribution in [0.4, 0.5) is 0 Å². The van der Waals surface area contributed by atoms with Gasteiger partial charge < -0.3 is 4.74 Å². The highest BCUT2D eigenvalue weighted by Crippen LogP contribution is 2.35. The number of hydrogen-bond acceptors (Lipinski definition) is 3. The van der Waals surface area contributed by atoms with Gasteiger partial charge in [-0.3, -0.25) is 9.59 Å². The van der Waals surface area contributed by atoms with E-state index in [-0.39, 0.29) is 12.4 Å². The molecule has 0 bridgehead atoms. The van der Waals surface area contributed by atoms with Crippen LogP contribution in [0.3, 0.4) is 0 Å². The Kier molecular flexibility index (Phi) is 5.97. The lowest BCUT2D eigenvalue weighted by Gasteiger charge is -2.31. The summed E-state index contributed by atoms with van der Waals surface area (Å²) in [6.45, 7) is 8.56. The second kappa shape index (κ2) is 7.76. The van der Waals surface area contributed by atoms with Crippen LogP contribution in [0.1, 0.15) is 56.2 Å². The summed E-state index contributed by atoms with van der Waals surface area (Å²) in [5.41, 5.74) is 3.23. The smallest absolute Gasteiger partial charge is 0.317 e. The van der Waals surface area contributed by atoms with E-state index >= 15 is 0 Å². The number of carbonyl (C=O) groups excluding carboxylic acids is 2. The van der Waals surface area contributed by atoms with E-state index in [1.165, 1.54) is 5.56 Å². The Hall–Kier alpha value is -1.64. The minimum atomic E-state index is -0.449. The molecule has 2 rings (SSSR count). The fraction of sp³-hybridized carbons (Fsp3) is 0.600. The van der Waals surface area contributed by atoms with Crippen LogP contribution in [0.15, 0.2) is 18.2 Å². The lowest BCUT2D eigenvalue weighted by atomic mass is 9.75. The van der Waals surface area contributed by atoms with Crippen LogP contribution in [0.5, 0.6) is 0 Å². The van der Waals surface area contributed by atoms with Gasteiger partial charge in [0.1, 0.15) is 0 Å². The largest absolute Gasteiger partial charge is 0.393 e. The van der Waals surface area contributed by atoms with Gasteiger partial charge in [-0.25, -0.2) is 0 Å². The van der Waals surface area contributed by atoms with E-state index in [1.54, 1.807) is 0 Å². The van der Waals surface area contributed by atoms with E-state index in [4.69, 9.17) is 4.74 Å². The molecule has 0 N–H and O–H groups in total. The highest BCUT2D eigenvalue weighted by molar-refractivity contribution is 5.86. The maximum absolute atomic E-state index is 12.0. The normalized spacial score (nSPS) is 24.3. The first kappa shape index (κ1) is 17.7. The molecule has 3 nitrogen and oxygen atoms in total. The molecule has 1 aromatic carbocycles. The Bertz CT molecular complexity index is 576. The van der Waals surface area contributed by atoms with Gasteiger partial charge in [0.2, 0.25) is 0 Å². The van der Waals surface area contributed by atoms with Crippen LogP contribution < -0.4 is 0 Å². The number of aryl methyl sites for hydroxylation is 2. The molecular weight excluding hydrogens is 288 g/mol. The third-order valence-corrected chi connectivity index (χ3v) is 5.31. The summed E-state index contributed by atoms with van der Waals surface area (Å²) in [6, 6.07) is 5.88. The molecule has 0 aliphatic heterocycles. The zero-order chi connectivity index (χ0) is 17.0. The third kappa shape index (κ3) is 5.19. The predicted molar refractivity (Wildman–Crippen MR) is 91.0 cm³/mol. The number of carbonyl (C=O) groups is 2. The zero-order valence-corrected chi connectivity index (χ0v) is 14.7. The molecule has 1 aliphatic rings. The van der Waals surface area contributed by atoms with Gasteiger partial charge in [0.15, 0.2) is 0 Å². The molecule has 1 aliphatic carbocycles. The molecule has 1 fully saturated rings. The summed E-state index contributed by atoms with van der Waals surface area (Å²) in [4.78, 5) is 23.9. The van der Waals surface area contributed by atoms with Crippen LogP contribution in [-0.2, 0) is 20.7 Å². The van der Waals surface area contributed by atoms with Gasteiger partial charge >= 0.3 is 11.9 Å². The second-order valence-electron chi connectivity index (χ2n) is 7.28. The second-order valence-corrected chi connectivity index (χ2v) is 7.28. The Labute approximate surface area is 139 Å². The zero-order valence-electron chi connectivity index (χ0n) is 14.7. The quantitative estimate of drug-likeness (QED) is 0.611. The minimum Gasteiger partial charge on any atom is -0.393 e. The maximum atomic E-state index is 12.0. The first-order valence-corrected chi connectivity index (χ1v) is 8.64. The average molecular weight is 316 g/mol. The van der Waals surface area contributed by atoms with Gasteiger partial charge in [0.05, 0.1) is 6.42 Å². The van der Waals surface area contributed by atoms with Gasteiger partial charge in [-0.15, -0.1) is 0 Å². The topological polar surface area (TPSA) is 43.4 Å². The Balaban J connectivity index is 1.80. The molecule has 23 heavy (non-hydrogen) atoms. The van der Waals surface area contributed by atoms with E-state index in [1.807, 2.05) is 32.0 Å². The fourth-order valence-corrected chi connectivity index (χ4v) is 3.37. The van der Waals surface area contributed by atoms with Crippen molar-refractivity contribution in [2.24, 2.45) is 17.8 Å². The molecule has 0 saturated heterocycles. The minimum absolute atomic E-state index is 0.158. The van der Waals surface area contributed by atoms with Crippen molar-refractivity contribution in [1.82, 2.24) is 0 Å². The van der Waals surface area contributed by atoms with E-state index in [0.29, 0.717) is 18.3 Å². The van der Waals surface area contributed by atoms with Crippen molar-refractivity contribution >= 4 is 11.9 Å². The molecule has 1 saturated carbocycles. The van der Waals surface area contributed by atoms with Crippen LogP contribution in [-0.4, -0.2) is 11.9 Å². The molecule has 0 heterocycles. The summed E-state index contributed by atoms with van der Waals surface area (Å²) in [7, 11) is 0. The molecule has 0 amide bonds. The molecular formula is C20H28O3. The van der Waals surface area contributed by atoms with Crippen LogP contribution in [0, 0.1) is 31.6 Å². The molecule has 0 radical (unpaired) electrons. The molecule has 3 heteroatoms. The summed E-state index contributed by atoms with van der Waals surface area (Å²) >= 11 is 0. The molecule has 126 valence electrons. The Morgan fingerprint density at radius 3 is 2.43 bits per heavy atom. The highest BCUT2D eigenvalue weighted by Gasteiger charge is 2.27. The van der Waals surface area contributed by atoms with Gasteiger partial charge in [-0.1, -0.05) is 38.5 Å². The van der Waals surface area contributed by atoms with Crippen molar-refractivity contribution in [2.75, 3.05) is 0 Å². The summed E-state index contributed by atoms with van der Waals surface area (Å²) in [6.07, 6.45) is 3.81.